The molecule has 0 spiro atoms. The van der Waals surface area contributed by atoms with Gasteiger partial charge < -0.3 is 10.2 Å². The van der Waals surface area contributed by atoms with Crippen LogP contribution in [0, 0.1) is 6.92 Å². The molecule has 0 atom stereocenters. The highest BCUT2D eigenvalue weighted by Gasteiger charge is 2.25. The normalized spacial score (nSPS) is 11.4. The third kappa shape index (κ3) is 2.72. The fourth-order valence-electron chi connectivity index (χ4n) is 1.88. The van der Waals surface area contributed by atoms with Crippen LogP contribution in [-0.4, -0.2) is 16.2 Å². The lowest BCUT2D eigenvalue weighted by molar-refractivity contribution is -0.138. The monoisotopic (exact) mass is 208 g/mol. The van der Waals surface area contributed by atoms with E-state index in [-0.39, 0.29) is 12.2 Å². The largest absolute Gasteiger partial charge is 0.508 e. The van der Waals surface area contributed by atoms with E-state index in [1.807, 2.05) is 20.8 Å². The Kier molecular flexibility index (Phi) is 3.03. The quantitative estimate of drug-likeness (QED) is 0.802. The Morgan fingerprint density at radius 2 is 2.00 bits per heavy atom. The van der Waals surface area contributed by atoms with Crippen LogP contribution in [0.5, 0.6) is 5.75 Å². The van der Waals surface area contributed by atoms with Gasteiger partial charge in [0.25, 0.3) is 0 Å². The Balaban J connectivity index is 3.09. The summed E-state index contributed by atoms with van der Waals surface area (Å²) in [6, 6.07) is 5.03. The number of aryl methyl sites for hydroxylation is 1. The van der Waals surface area contributed by atoms with Crippen molar-refractivity contribution in [2.75, 3.05) is 0 Å². The number of hydrogen-bond acceptors (Lipinski definition) is 2. The summed E-state index contributed by atoms with van der Waals surface area (Å²) in [6.45, 7) is 5.65. The van der Waals surface area contributed by atoms with E-state index in [0.717, 1.165) is 11.1 Å². The molecule has 0 saturated heterocycles. The van der Waals surface area contributed by atoms with Crippen LogP contribution in [-0.2, 0) is 10.2 Å². The third-order valence-corrected chi connectivity index (χ3v) is 2.53. The zero-order valence-corrected chi connectivity index (χ0v) is 9.24. The molecular weight excluding hydrogens is 192 g/mol. The van der Waals surface area contributed by atoms with Crippen LogP contribution in [0.3, 0.4) is 0 Å². The molecule has 0 amide bonds. The molecule has 0 aliphatic carbocycles. The van der Waals surface area contributed by atoms with Crippen LogP contribution in [0.2, 0.25) is 0 Å². The number of carboxylic acid groups (broad SMARTS) is 1. The number of hydrogen-bond donors (Lipinski definition) is 2. The van der Waals surface area contributed by atoms with E-state index in [1.54, 1.807) is 18.2 Å². The van der Waals surface area contributed by atoms with Crippen LogP contribution < -0.4 is 0 Å². The molecule has 1 aromatic rings. The van der Waals surface area contributed by atoms with Gasteiger partial charge in [-0.2, -0.15) is 0 Å². The molecule has 1 aromatic carbocycles. The first-order valence-electron chi connectivity index (χ1n) is 4.85. The number of phenolic OH excluding ortho intramolecular Hbond substituents is 1. The molecule has 1 rings (SSSR count). The van der Waals surface area contributed by atoms with Crippen molar-refractivity contribution in [2.24, 2.45) is 0 Å². The summed E-state index contributed by atoms with van der Waals surface area (Å²) in [5.41, 5.74) is 1.47. The molecule has 0 aliphatic rings. The summed E-state index contributed by atoms with van der Waals surface area (Å²) in [7, 11) is 0. The van der Waals surface area contributed by atoms with Crippen LogP contribution in [0.4, 0.5) is 0 Å². The molecule has 0 radical (unpaired) electrons. The van der Waals surface area contributed by atoms with Gasteiger partial charge in [0, 0.05) is 5.41 Å². The number of aromatic hydroxyl groups is 1. The van der Waals surface area contributed by atoms with Crippen LogP contribution in [0.1, 0.15) is 31.4 Å². The van der Waals surface area contributed by atoms with Gasteiger partial charge >= 0.3 is 5.97 Å². The van der Waals surface area contributed by atoms with Crippen molar-refractivity contribution >= 4 is 5.97 Å². The molecule has 0 heterocycles. The van der Waals surface area contributed by atoms with Crippen LogP contribution in [0.15, 0.2) is 18.2 Å². The van der Waals surface area contributed by atoms with E-state index < -0.39 is 11.4 Å². The highest BCUT2D eigenvalue weighted by atomic mass is 16.4. The zero-order chi connectivity index (χ0) is 11.6. The van der Waals surface area contributed by atoms with Gasteiger partial charge in [0.05, 0.1) is 6.42 Å². The summed E-state index contributed by atoms with van der Waals surface area (Å²) >= 11 is 0. The fourth-order valence-corrected chi connectivity index (χ4v) is 1.88. The minimum atomic E-state index is -0.813. The third-order valence-electron chi connectivity index (χ3n) is 2.53. The molecule has 82 valence electrons. The number of benzene rings is 1. The number of rotatable bonds is 3. The molecule has 0 bridgehead atoms. The Bertz CT molecular complexity index is 380. The SMILES string of the molecule is Cc1cc(O)ccc1C(C)(C)CC(=O)O. The van der Waals surface area contributed by atoms with E-state index >= 15 is 0 Å². The molecule has 3 heteroatoms. The van der Waals surface area contributed by atoms with Gasteiger partial charge in [0.1, 0.15) is 5.75 Å². The summed E-state index contributed by atoms with van der Waals surface area (Å²) in [6.07, 6.45) is 0.0820. The van der Waals surface area contributed by atoms with Gasteiger partial charge in [-0.3, -0.25) is 4.79 Å². The smallest absolute Gasteiger partial charge is 0.304 e. The zero-order valence-electron chi connectivity index (χ0n) is 9.24. The van der Waals surface area contributed by atoms with Gasteiger partial charge in [-0.25, -0.2) is 0 Å². The van der Waals surface area contributed by atoms with Crippen LogP contribution >= 0.6 is 0 Å². The molecule has 0 saturated carbocycles. The summed E-state index contributed by atoms with van der Waals surface area (Å²) in [4.78, 5) is 10.7. The van der Waals surface area contributed by atoms with Crippen molar-refractivity contribution < 1.29 is 15.0 Å². The van der Waals surface area contributed by atoms with Crippen molar-refractivity contribution in [2.45, 2.75) is 32.6 Å². The predicted octanol–water partition coefficient (Wildman–Crippen LogP) is 2.45. The van der Waals surface area contributed by atoms with Crippen LogP contribution in [0.25, 0.3) is 0 Å². The first kappa shape index (κ1) is 11.6. The van der Waals surface area contributed by atoms with Gasteiger partial charge in [-0.05, 0) is 30.2 Å². The standard InChI is InChI=1S/C12H16O3/c1-8-6-9(13)4-5-10(8)12(2,3)7-11(14)15/h4-6,13H,7H2,1-3H3,(H,14,15). The first-order valence-corrected chi connectivity index (χ1v) is 4.85. The molecule has 0 fully saturated rings. The minimum absolute atomic E-state index is 0.0820. The lowest BCUT2D eigenvalue weighted by Gasteiger charge is -2.25. The van der Waals surface area contributed by atoms with Gasteiger partial charge in [0.2, 0.25) is 0 Å². The summed E-state index contributed by atoms with van der Waals surface area (Å²) < 4.78 is 0. The van der Waals surface area contributed by atoms with Crippen molar-refractivity contribution in [3.05, 3.63) is 29.3 Å². The summed E-state index contributed by atoms with van der Waals surface area (Å²) in [5, 5.41) is 18.1. The maximum absolute atomic E-state index is 10.7. The van der Waals surface area contributed by atoms with E-state index in [9.17, 15) is 9.90 Å². The Morgan fingerprint density at radius 1 is 1.40 bits per heavy atom. The molecule has 2 N–H and O–H groups in total. The molecule has 15 heavy (non-hydrogen) atoms. The molecule has 0 aliphatic heterocycles. The number of phenols is 1. The lowest BCUT2D eigenvalue weighted by atomic mass is 9.79. The lowest BCUT2D eigenvalue weighted by Crippen LogP contribution is -2.22. The number of aliphatic carboxylic acids is 1. The highest BCUT2D eigenvalue weighted by Crippen LogP contribution is 2.31. The molecule has 3 nitrogen and oxygen atoms in total. The predicted molar refractivity (Wildman–Crippen MR) is 58.1 cm³/mol. The van der Waals surface area contributed by atoms with Crippen molar-refractivity contribution in [1.82, 2.24) is 0 Å². The van der Waals surface area contributed by atoms with Gasteiger partial charge in [-0.1, -0.05) is 19.9 Å². The van der Waals surface area contributed by atoms with Crippen molar-refractivity contribution in [1.29, 1.82) is 0 Å². The second-order valence-electron chi connectivity index (χ2n) is 4.45. The second-order valence-corrected chi connectivity index (χ2v) is 4.45. The van der Waals surface area contributed by atoms with E-state index in [0.29, 0.717) is 0 Å². The van der Waals surface area contributed by atoms with E-state index in [1.165, 1.54) is 0 Å². The Morgan fingerprint density at radius 3 is 2.47 bits per heavy atom. The number of carboxylic acids is 1. The Hall–Kier alpha value is -1.51. The first-order chi connectivity index (χ1) is 6.83. The minimum Gasteiger partial charge on any atom is -0.508 e. The van der Waals surface area contributed by atoms with Crippen molar-refractivity contribution in [3.8, 4) is 5.75 Å². The molecular formula is C12H16O3. The highest BCUT2D eigenvalue weighted by molar-refractivity contribution is 5.69. The van der Waals surface area contributed by atoms with Gasteiger partial charge in [-0.15, -0.1) is 0 Å². The average Bonchev–Trinajstić information content (AvgIpc) is 1.99. The fraction of sp³-hybridized carbons (Fsp3) is 0.417. The van der Waals surface area contributed by atoms with Gasteiger partial charge in [0.15, 0.2) is 0 Å². The maximum Gasteiger partial charge on any atom is 0.304 e. The van der Waals surface area contributed by atoms with E-state index in [2.05, 4.69) is 0 Å². The van der Waals surface area contributed by atoms with Crippen molar-refractivity contribution in [3.63, 3.8) is 0 Å². The molecule has 0 unspecified atom stereocenters. The van der Waals surface area contributed by atoms with E-state index in [4.69, 9.17) is 5.11 Å². The second kappa shape index (κ2) is 3.93. The topological polar surface area (TPSA) is 57.5 Å². The number of carbonyl (C=O) groups is 1. The average molecular weight is 208 g/mol. The molecule has 0 aromatic heterocycles. The Labute approximate surface area is 89.4 Å². The summed E-state index contributed by atoms with van der Waals surface area (Å²) in [5.74, 6) is -0.602. The maximum atomic E-state index is 10.7.